The summed E-state index contributed by atoms with van der Waals surface area (Å²) < 4.78 is 5.69. The fourth-order valence-corrected chi connectivity index (χ4v) is 2.40. The molecule has 0 unspecified atom stereocenters. The van der Waals surface area contributed by atoms with E-state index < -0.39 is 0 Å². The van der Waals surface area contributed by atoms with Crippen LogP contribution < -0.4 is 15.4 Å². The number of benzene rings is 2. The first-order valence-corrected chi connectivity index (χ1v) is 8.51. The molecule has 132 valence electrons. The summed E-state index contributed by atoms with van der Waals surface area (Å²) in [5.41, 5.74) is 1.91. The number of urea groups is 1. The van der Waals surface area contributed by atoms with Crippen LogP contribution in [0.15, 0.2) is 72.9 Å². The van der Waals surface area contributed by atoms with Gasteiger partial charge in [-0.05, 0) is 41.5 Å². The quantitative estimate of drug-likeness (QED) is 0.673. The second-order valence-corrected chi connectivity index (χ2v) is 6.02. The Balaban J connectivity index is 1.48. The number of aromatic nitrogens is 1. The lowest BCUT2D eigenvalue weighted by Crippen LogP contribution is -2.34. The van der Waals surface area contributed by atoms with Crippen LogP contribution in [0.1, 0.15) is 11.1 Å². The molecule has 2 aromatic carbocycles. The lowest BCUT2D eigenvalue weighted by molar-refractivity contribution is 0.240. The monoisotopic (exact) mass is 367 g/mol. The minimum Gasteiger partial charge on any atom is -0.439 e. The van der Waals surface area contributed by atoms with Gasteiger partial charge in [0.05, 0.1) is 0 Å². The van der Waals surface area contributed by atoms with E-state index in [9.17, 15) is 4.79 Å². The predicted octanol–water partition coefficient (Wildman–Crippen LogP) is 4.53. The van der Waals surface area contributed by atoms with Gasteiger partial charge < -0.3 is 15.4 Å². The number of ether oxygens (including phenoxy) is 1. The molecule has 1 heterocycles. The molecule has 0 atom stereocenters. The van der Waals surface area contributed by atoms with Crippen molar-refractivity contribution < 1.29 is 9.53 Å². The topological polar surface area (TPSA) is 63.2 Å². The van der Waals surface area contributed by atoms with Gasteiger partial charge >= 0.3 is 6.03 Å². The van der Waals surface area contributed by atoms with Gasteiger partial charge in [0.25, 0.3) is 0 Å². The molecule has 0 radical (unpaired) electrons. The number of hydrogen-bond donors (Lipinski definition) is 2. The van der Waals surface area contributed by atoms with E-state index in [4.69, 9.17) is 16.3 Å². The number of nitrogens with zero attached hydrogens (tertiary/aromatic N) is 1. The van der Waals surface area contributed by atoms with Crippen LogP contribution >= 0.6 is 11.6 Å². The van der Waals surface area contributed by atoms with Crippen LogP contribution in [-0.4, -0.2) is 11.0 Å². The SMILES string of the molecule is O=C(NCc1ccc(Cl)cc1)NCc1cccc(Oc2ccccn2)c1. The molecule has 5 nitrogen and oxygen atoms in total. The molecule has 2 N–H and O–H groups in total. The molecule has 0 saturated heterocycles. The normalized spacial score (nSPS) is 10.2. The highest BCUT2D eigenvalue weighted by atomic mass is 35.5. The van der Waals surface area contributed by atoms with Crippen molar-refractivity contribution >= 4 is 17.6 Å². The summed E-state index contributed by atoms with van der Waals surface area (Å²) in [5, 5.41) is 6.31. The molecule has 0 aliphatic heterocycles. The molecule has 0 aliphatic rings. The molecule has 0 saturated carbocycles. The van der Waals surface area contributed by atoms with Crippen LogP contribution in [0.3, 0.4) is 0 Å². The number of nitrogens with one attached hydrogen (secondary N) is 2. The summed E-state index contributed by atoms with van der Waals surface area (Å²) in [7, 11) is 0. The maximum Gasteiger partial charge on any atom is 0.315 e. The third-order valence-corrected chi connectivity index (χ3v) is 3.83. The summed E-state index contributed by atoms with van der Waals surface area (Å²) in [6, 6.07) is 20.1. The molecule has 2 amide bonds. The highest BCUT2D eigenvalue weighted by Gasteiger charge is 2.03. The maximum atomic E-state index is 11.9. The van der Waals surface area contributed by atoms with E-state index in [1.165, 1.54) is 0 Å². The number of rotatable bonds is 6. The van der Waals surface area contributed by atoms with Crippen molar-refractivity contribution in [2.45, 2.75) is 13.1 Å². The van der Waals surface area contributed by atoms with Crippen molar-refractivity contribution in [3.63, 3.8) is 0 Å². The predicted molar refractivity (Wildman–Crippen MR) is 101 cm³/mol. The zero-order valence-corrected chi connectivity index (χ0v) is 14.7. The molecule has 0 spiro atoms. The molecule has 0 fully saturated rings. The lowest BCUT2D eigenvalue weighted by atomic mass is 10.2. The average molecular weight is 368 g/mol. The van der Waals surface area contributed by atoms with Gasteiger partial charge in [-0.15, -0.1) is 0 Å². The van der Waals surface area contributed by atoms with Crippen molar-refractivity contribution in [3.05, 3.63) is 89.1 Å². The number of pyridine rings is 1. The smallest absolute Gasteiger partial charge is 0.315 e. The minimum atomic E-state index is -0.240. The molecule has 6 heteroatoms. The van der Waals surface area contributed by atoms with Gasteiger partial charge in [0.15, 0.2) is 0 Å². The third-order valence-electron chi connectivity index (χ3n) is 3.58. The van der Waals surface area contributed by atoms with Crippen LogP contribution in [0.25, 0.3) is 0 Å². The summed E-state index contributed by atoms with van der Waals surface area (Å²) >= 11 is 5.84. The van der Waals surface area contributed by atoms with Gasteiger partial charge in [0, 0.05) is 30.4 Å². The zero-order chi connectivity index (χ0) is 18.2. The first-order chi connectivity index (χ1) is 12.7. The fraction of sp³-hybridized carbons (Fsp3) is 0.100. The first kappa shape index (κ1) is 17.8. The van der Waals surface area contributed by atoms with Crippen molar-refractivity contribution in [2.75, 3.05) is 0 Å². The number of amides is 2. The van der Waals surface area contributed by atoms with E-state index in [0.717, 1.165) is 11.1 Å². The third kappa shape index (κ3) is 5.50. The Hall–Kier alpha value is -3.05. The number of halogens is 1. The van der Waals surface area contributed by atoms with Crippen LogP contribution in [0.4, 0.5) is 4.79 Å². The maximum absolute atomic E-state index is 11.9. The Kier molecular flexibility index (Phi) is 6.06. The van der Waals surface area contributed by atoms with E-state index in [1.54, 1.807) is 24.4 Å². The van der Waals surface area contributed by atoms with Gasteiger partial charge in [0.1, 0.15) is 5.75 Å². The van der Waals surface area contributed by atoms with Gasteiger partial charge in [-0.25, -0.2) is 9.78 Å². The molecule has 26 heavy (non-hydrogen) atoms. The number of hydrogen-bond acceptors (Lipinski definition) is 3. The van der Waals surface area contributed by atoms with Crippen molar-refractivity contribution in [2.24, 2.45) is 0 Å². The van der Waals surface area contributed by atoms with Gasteiger partial charge in [-0.1, -0.05) is 41.9 Å². The van der Waals surface area contributed by atoms with Crippen molar-refractivity contribution in [3.8, 4) is 11.6 Å². The van der Waals surface area contributed by atoms with Crippen LogP contribution in [-0.2, 0) is 13.1 Å². The molecule has 0 bridgehead atoms. The second kappa shape index (κ2) is 8.87. The van der Waals surface area contributed by atoms with E-state index in [0.29, 0.717) is 29.7 Å². The first-order valence-electron chi connectivity index (χ1n) is 8.13. The highest BCUT2D eigenvalue weighted by Crippen LogP contribution is 2.19. The fourth-order valence-electron chi connectivity index (χ4n) is 2.28. The van der Waals surface area contributed by atoms with E-state index in [-0.39, 0.29) is 6.03 Å². The molecule has 3 aromatic rings. The summed E-state index contributed by atoms with van der Waals surface area (Å²) in [4.78, 5) is 16.1. The Morgan fingerprint density at radius 1 is 0.923 bits per heavy atom. The number of carbonyl (C=O) groups is 1. The Morgan fingerprint density at radius 3 is 2.42 bits per heavy atom. The Labute approximate surface area is 157 Å². The average Bonchev–Trinajstić information content (AvgIpc) is 2.67. The van der Waals surface area contributed by atoms with E-state index in [1.807, 2.05) is 48.5 Å². The lowest BCUT2D eigenvalue weighted by Gasteiger charge is -2.09. The minimum absolute atomic E-state index is 0.240. The summed E-state index contributed by atoms with van der Waals surface area (Å²) in [6.07, 6.45) is 1.67. The molecule has 0 aliphatic carbocycles. The standard InChI is InChI=1S/C20H18ClN3O2/c21-17-9-7-15(8-10-17)13-23-20(25)24-14-16-4-3-5-18(12-16)26-19-6-1-2-11-22-19/h1-12H,13-14H2,(H2,23,24,25). The molecular formula is C20H18ClN3O2. The van der Waals surface area contributed by atoms with E-state index in [2.05, 4.69) is 15.6 Å². The summed E-state index contributed by atoms with van der Waals surface area (Å²) in [6.45, 7) is 0.831. The van der Waals surface area contributed by atoms with Crippen molar-refractivity contribution in [1.82, 2.24) is 15.6 Å². The van der Waals surface area contributed by atoms with Crippen LogP contribution in [0.2, 0.25) is 5.02 Å². The molecular weight excluding hydrogens is 350 g/mol. The largest absolute Gasteiger partial charge is 0.439 e. The second-order valence-electron chi connectivity index (χ2n) is 5.58. The Bertz CT molecular complexity index is 854. The van der Waals surface area contributed by atoms with Gasteiger partial charge in [-0.3, -0.25) is 0 Å². The molecule has 3 rings (SSSR count). The van der Waals surface area contributed by atoms with Crippen molar-refractivity contribution in [1.29, 1.82) is 0 Å². The summed E-state index contributed by atoms with van der Waals surface area (Å²) in [5.74, 6) is 1.20. The molecule has 1 aromatic heterocycles. The van der Waals surface area contributed by atoms with E-state index >= 15 is 0 Å². The van der Waals surface area contributed by atoms with Gasteiger partial charge in [0.2, 0.25) is 5.88 Å². The Morgan fingerprint density at radius 2 is 1.69 bits per heavy atom. The zero-order valence-electron chi connectivity index (χ0n) is 14.0. The number of carbonyl (C=O) groups excluding carboxylic acids is 1. The van der Waals surface area contributed by atoms with Crippen LogP contribution in [0.5, 0.6) is 11.6 Å². The highest BCUT2D eigenvalue weighted by molar-refractivity contribution is 6.30. The van der Waals surface area contributed by atoms with Gasteiger partial charge in [-0.2, -0.15) is 0 Å². The van der Waals surface area contributed by atoms with Crippen LogP contribution in [0, 0.1) is 0 Å².